The van der Waals surface area contributed by atoms with Crippen LogP contribution >= 0.6 is 11.8 Å². The van der Waals surface area contributed by atoms with Crippen LogP contribution in [0.25, 0.3) is 10.9 Å². The molecule has 5 rings (SSSR count). The average Bonchev–Trinajstić information content (AvgIpc) is 3.36. The van der Waals surface area contributed by atoms with Crippen molar-refractivity contribution in [3.63, 3.8) is 0 Å². The van der Waals surface area contributed by atoms with Crippen LogP contribution in [0.4, 0.5) is 13.2 Å². The van der Waals surface area contributed by atoms with Crippen LogP contribution in [0.2, 0.25) is 0 Å². The molecule has 180 valence electrons. The molecule has 2 aromatic heterocycles. The Kier molecular flexibility index (Phi) is 6.48. The highest BCUT2D eigenvalue weighted by Gasteiger charge is 2.51. The molecule has 7 nitrogen and oxygen atoms in total. The van der Waals surface area contributed by atoms with Crippen LogP contribution in [0.1, 0.15) is 16.8 Å². The third-order valence-electron chi connectivity index (χ3n) is 5.72. The second-order valence-electron chi connectivity index (χ2n) is 8.27. The molecule has 2 aliphatic rings. The van der Waals surface area contributed by atoms with Gasteiger partial charge in [-0.3, -0.25) is 4.79 Å². The molecule has 0 aliphatic carbocycles. The van der Waals surface area contributed by atoms with Crippen LogP contribution < -0.4 is 4.74 Å². The largest absolute Gasteiger partial charge is 0.490 e. The first kappa shape index (κ1) is 23.9. The van der Waals surface area contributed by atoms with Crippen LogP contribution in [-0.4, -0.2) is 67.3 Å². The molecular formula is C23H22F3N3O4S. The number of carboxylic acids is 1. The fourth-order valence-electron chi connectivity index (χ4n) is 4.08. The molecule has 1 unspecified atom stereocenters. The number of alkyl halides is 3. The van der Waals surface area contributed by atoms with E-state index in [1.807, 2.05) is 66.3 Å². The van der Waals surface area contributed by atoms with E-state index in [1.54, 1.807) is 6.20 Å². The molecule has 3 aromatic rings. The summed E-state index contributed by atoms with van der Waals surface area (Å²) in [5, 5.41) is 8.23. The lowest BCUT2D eigenvalue weighted by atomic mass is 9.92. The van der Waals surface area contributed by atoms with E-state index in [2.05, 4.69) is 15.6 Å². The first-order valence-electron chi connectivity index (χ1n) is 10.4. The number of carboxylic acid groups (broad SMARTS) is 1. The van der Waals surface area contributed by atoms with Gasteiger partial charge in [0.25, 0.3) is 5.91 Å². The number of ether oxygens (including phenoxy) is 1. The first-order chi connectivity index (χ1) is 16.1. The third kappa shape index (κ3) is 5.14. The molecular weight excluding hydrogens is 471 g/mol. The van der Waals surface area contributed by atoms with Gasteiger partial charge in [-0.2, -0.15) is 13.2 Å². The SMILES string of the molecule is Cn1ccc2cc(C(=O)N3CC4(CC(Oc5ccccn5)CS4)C3)ccc21.O=C(O)C(F)(F)F. The summed E-state index contributed by atoms with van der Waals surface area (Å²) < 4.78 is 39.9. The fourth-order valence-corrected chi connectivity index (χ4v) is 5.60. The Morgan fingerprint density at radius 3 is 2.59 bits per heavy atom. The summed E-state index contributed by atoms with van der Waals surface area (Å²) in [7, 11) is 2.02. The van der Waals surface area contributed by atoms with E-state index in [-0.39, 0.29) is 16.8 Å². The molecule has 4 heterocycles. The Bertz CT molecular complexity index is 1190. The lowest BCUT2D eigenvalue weighted by Gasteiger charge is -2.47. The maximum Gasteiger partial charge on any atom is 0.490 e. The van der Waals surface area contributed by atoms with E-state index in [1.165, 1.54) is 0 Å². The van der Waals surface area contributed by atoms with Gasteiger partial charge in [0, 0.05) is 67.2 Å². The van der Waals surface area contributed by atoms with Crippen LogP contribution in [0, 0.1) is 0 Å². The van der Waals surface area contributed by atoms with E-state index in [9.17, 15) is 18.0 Å². The number of aliphatic carboxylic acids is 1. The average molecular weight is 494 g/mol. The molecule has 1 spiro atoms. The van der Waals surface area contributed by atoms with Crippen LogP contribution in [-0.2, 0) is 11.8 Å². The lowest BCUT2D eigenvalue weighted by Crippen LogP contribution is -2.60. The summed E-state index contributed by atoms with van der Waals surface area (Å²) in [5.74, 6) is -0.994. The van der Waals surface area contributed by atoms with Crippen molar-refractivity contribution in [2.45, 2.75) is 23.4 Å². The Hall–Kier alpha value is -3.21. The number of nitrogens with zero attached hydrogens (tertiary/aromatic N) is 3. The van der Waals surface area contributed by atoms with Gasteiger partial charge in [-0.05, 0) is 30.3 Å². The monoisotopic (exact) mass is 493 g/mol. The van der Waals surface area contributed by atoms with Gasteiger partial charge in [0.2, 0.25) is 5.88 Å². The number of aromatic nitrogens is 2. The smallest absolute Gasteiger partial charge is 0.475 e. The number of likely N-dealkylation sites (tertiary alicyclic amines) is 1. The van der Waals surface area contributed by atoms with Gasteiger partial charge >= 0.3 is 12.1 Å². The number of carbonyl (C=O) groups is 2. The summed E-state index contributed by atoms with van der Waals surface area (Å²) in [6.07, 6.45) is -0.173. The molecule has 0 radical (unpaired) electrons. The number of halogens is 3. The molecule has 1 atom stereocenters. The summed E-state index contributed by atoms with van der Waals surface area (Å²) in [6.45, 7) is 1.59. The van der Waals surface area contributed by atoms with Gasteiger partial charge in [0.1, 0.15) is 6.10 Å². The number of aryl methyl sites for hydroxylation is 1. The Morgan fingerprint density at radius 1 is 1.21 bits per heavy atom. The fraction of sp³-hybridized carbons (Fsp3) is 0.348. The van der Waals surface area contributed by atoms with Crippen molar-refractivity contribution in [1.82, 2.24) is 14.5 Å². The van der Waals surface area contributed by atoms with Crippen LogP contribution in [0.3, 0.4) is 0 Å². The molecule has 11 heteroatoms. The first-order valence-corrected chi connectivity index (χ1v) is 11.4. The van der Waals surface area contributed by atoms with E-state index < -0.39 is 12.1 Å². The van der Waals surface area contributed by atoms with E-state index in [4.69, 9.17) is 14.6 Å². The topological polar surface area (TPSA) is 84.7 Å². The zero-order valence-electron chi connectivity index (χ0n) is 18.2. The van der Waals surface area contributed by atoms with Gasteiger partial charge in [-0.1, -0.05) is 6.07 Å². The molecule has 1 aromatic carbocycles. The normalized spacial score (nSPS) is 18.8. The molecule has 34 heavy (non-hydrogen) atoms. The molecule has 0 bridgehead atoms. The maximum atomic E-state index is 12.9. The van der Waals surface area contributed by atoms with Crippen molar-refractivity contribution in [3.05, 3.63) is 60.4 Å². The highest BCUT2D eigenvalue weighted by molar-refractivity contribution is 8.01. The molecule has 1 amide bonds. The highest BCUT2D eigenvalue weighted by Crippen LogP contribution is 2.46. The molecule has 2 aliphatic heterocycles. The Labute approximate surface area is 197 Å². The number of pyridine rings is 1. The van der Waals surface area contributed by atoms with Crippen molar-refractivity contribution in [2.75, 3.05) is 18.8 Å². The number of hydrogen-bond donors (Lipinski definition) is 1. The minimum Gasteiger partial charge on any atom is -0.475 e. The van der Waals surface area contributed by atoms with Crippen LogP contribution in [0.5, 0.6) is 5.88 Å². The van der Waals surface area contributed by atoms with E-state index >= 15 is 0 Å². The van der Waals surface area contributed by atoms with Crippen LogP contribution in [0.15, 0.2) is 54.9 Å². The molecule has 0 saturated carbocycles. The zero-order chi connectivity index (χ0) is 24.5. The maximum absolute atomic E-state index is 12.9. The van der Waals surface area contributed by atoms with Crippen molar-refractivity contribution in [2.24, 2.45) is 7.05 Å². The molecule has 2 fully saturated rings. The van der Waals surface area contributed by atoms with Crippen molar-refractivity contribution >= 4 is 34.5 Å². The quantitative estimate of drug-likeness (QED) is 0.594. The Morgan fingerprint density at radius 2 is 1.94 bits per heavy atom. The number of benzene rings is 1. The summed E-state index contributed by atoms with van der Waals surface area (Å²) in [5.41, 5.74) is 1.92. The second-order valence-corrected chi connectivity index (χ2v) is 9.76. The number of thioether (sulfide) groups is 1. The number of amides is 1. The minimum atomic E-state index is -5.08. The molecule has 1 N–H and O–H groups in total. The predicted octanol–water partition coefficient (Wildman–Crippen LogP) is 3.99. The van der Waals surface area contributed by atoms with E-state index in [0.29, 0.717) is 5.88 Å². The number of hydrogen-bond acceptors (Lipinski definition) is 5. The van der Waals surface area contributed by atoms with Gasteiger partial charge in [0.15, 0.2) is 0 Å². The lowest BCUT2D eigenvalue weighted by molar-refractivity contribution is -0.192. The third-order valence-corrected chi connectivity index (χ3v) is 7.30. The number of fused-ring (bicyclic) bond motifs is 1. The summed E-state index contributed by atoms with van der Waals surface area (Å²) >= 11 is 1.93. The highest BCUT2D eigenvalue weighted by atomic mass is 32.2. The summed E-state index contributed by atoms with van der Waals surface area (Å²) in [4.78, 5) is 28.0. The van der Waals surface area contributed by atoms with Crippen molar-refractivity contribution in [3.8, 4) is 5.88 Å². The number of carbonyl (C=O) groups excluding carboxylic acids is 1. The standard InChI is InChI=1S/C21H21N3O2S.C2HF3O2/c1-23-9-7-15-10-16(5-6-18(15)23)20(25)24-13-21(14-24)11-17(12-27-21)26-19-4-2-3-8-22-19;3-2(4,5)1(6)7/h2-10,17H,11-14H2,1H3;(H,6,7). The molecule has 2 saturated heterocycles. The van der Waals surface area contributed by atoms with Gasteiger partial charge in [0.05, 0.1) is 4.75 Å². The zero-order valence-corrected chi connectivity index (χ0v) is 19.0. The van der Waals surface area contributed by atoms with E-state index in [0.717, 1.165) is 41.7 Å². The Balaban J connectivity index is 0.000000344. The summed E-state index contributed by atoms with van der Waals surface area (Å²) in [6, 6.07) is 13.7. The predicted molar refractivity (Wildman–Crippen MR) is 121 cm³/mol. The van der Waals surface area contributed by atoms with Gasteiger partial charge in [-0.25, -0.2) is 9.78 Å². The van der Waals surface area contributed by atoms with Gasteiger partial charge in [-0.15, -0.1) is 11.8 Å². The minimum absolute atomic E-state index is 0.126. The van der Waals surface area contributed by atoms with Crippen molar-refractivity contribution in [1.29, 1.82) is 0 Å². The van der Waals surface area contributed by atoms with Gasteiger partial charge < -0.3 is 19.3 Å². The second kappa shape index (κ2) is 9.21. The van der Waals surface area contributed by atoms with Crippen molar-refractivity contribution < 1.29 is 32.6 Å². The number of rotatable bonds is 3.